The summed E-state index contributed by atoms with van der Waals surface area (Å²) in [5.74, 6) is -0.794. The Hall–Kier alpha value is 0.310. The van der Waals surface area contributed by atoms with Crippen molar-refractivity contribution in [2.24, 2.45) is 5.92 Å². The predicted octanol–water partition coefficient (Wildman–Crippen LogP) is 3.58. The van der Waals surface area contributed by atoms with Crippen LogP contribution in [0, 0.1) is 5.92 Å². The monoisotopic (exact) mass is 244 g/mol. The van der Waals surface area contributed by atoms with Gasteiger partial charge in [0.15, 0.2) is 0 Å². The summed E-state index contributed by atoms with van der Waals surface area (Å²) in [5, 5.41) is 0.407. The van der Waals surface area contributed by atoms with Crippen molar-refractivity contribution in [3.63, 3.8) is 0 Å². The van der Waals surface area contributed by atoms with E-state index in [1.807, 2.05) is 0 Å². The highest BCUT2D eigenvalue weighted by Crippen LogP contribution is 2.39. The standard InChI is InChI=1S/C7H4Cl4O/c1-2-3(8)5(10)7(12)6(11)4(2)9/h2H,1H3. The fourth-order valence-electron chi connectivity index (χ4n) is 0.805. The number of hydrogen-bond donors (Lipinski definition) is 0. The molecule has 0 radical (unpaired) electrons. The second-order valence-corrected chi connectivity index (χ2v) is 3.94. The van der Waals surface area contributed by atoms with E-state index in [1.165, 1.54) is 0 Å². The van der Waals surface area contributed by atoms with Crippen LogP contribution in [0.15, 0.2) is 20.1 Å². The van der Waals surface area contributed by atoms with Gasteiger partial charge in [0.1, 0.15) is 10.1 Å². The molecule has 12 heavy (non-hydrogen) atoms. The van der Waals surface area contributed by atoms with Gasteiger partial charge in [-0.2, -0.15) is 0 Å². The first kappa shape index (κ1) is 10.4. The summed E-state index contributed by atoms with van der Waals surface area (Å²) in [6.07, 6.45) is 0. The van der Waals surface area contributed by atoms with E-state index in [2.05, 4.69) is 0 Å². The van der Waals surface area contributed by atoms with Crippen LogP contribution in [-0.2, 0) is 4.79 Å². The third kappa shape index (κ3) is 1.51. The van der Waals surface area contributed by atoms with Gasteiger partial charge in [-0.1, -0.05) is 53.3 Å². The lowest BCUT2D eigenvalue weighted by molar-refractivity contribution is -0.111. The summed E-state index contributed by atoms with van der Waals surface area (Å²) in [7, 11) is 0. The van der Waals surface area contributed by atoms with Crippen LogP contribution in [0.1, 0.15) is 6.92 Å². The molecule has 0 aromatic rings. The molecule has 0 aliphatic heterocycles. The third-order valence-electron chi connectivity index (χ3n) is 1.58. The van der Waals surface area contributed by atoms with E-state index in [0.29, 0.717) is 0 Å². The minimum Gasteiger partial charge on any atom is -0.287 e. The number of Topliss-reactive ketones (excluding diaryl/α,β-unsaturated/α-hetero) is 1. The van der Waals surface area contributed by atoms with Gasteiger partial charge in [-0.05, 0) is 0 Å². The Kier molecular flexibility index (Phi) is 3.11. The van der Waals surface area contributed by atoms with Gasteiger partial charge in [0, 0.05) is 16.0 Å². The number of hydrogen-bond acceptors (Lipinski definition) is 1. The maximum atomic E-state index is 11.1. The van der Waals surface area contributed by atoms with Crippen molar-refractivity contribution in [2.45, 2.75) is 6.92 Å². The fourth-order valence-corrected chi connectivity index (χ4v) is 1.82. The van der Waals surface area contributed by atoms with Gasteiger partial charge in [0.25, 0.3) is 0 Å². The number of ketones is 1. The van der Waals surface area contributed by atoms with Crippen LogP contribution < -0.4 is 0 Å². The highest BCUT2D eigenvalue weighted by molar-refractivity contribution is 6.60. The summed E-state index contributed by atoms with van der Waals surface area (Å²) in [5.41, 5.74) is 0. The summed E-state index contributed by atoms with van der Waals surface area (Å²) in [6.45, 7) is 1.72. The van der Waals surface area contributed by atoms with Crippen molar-refractivity contribution in [3.8, 4) is 0 Å². The van der Waals surface area contributed by atoms with Gasteiger partial charge >= 0.3 is 0 Å². The maximum absolute atomic E-state index is 11.1. The first-order valence-corrected chi connectivity index (χ1v) is 4.63. The summed E-state index contributed by atoms with van der Waals surface area (Å²) >= 11 is 22.6. The number of allylic oxidation sites excluding steroid dienone is 4. The fraction of sp³-hybridized carbons (Fsp3) is 0.286. The second kappa shape index (κ2) is 3.59. The lowest BCUT2D eigenvalue weighted by Crippen LogP contribution is -2.13. The van der Waals surface area contributed by atoms with E-state index in [-0.39, 0.29) is 26.0 Å². The van der Waals surface area contributed by atoms with Crippen molar-refractivity contribution in [1.29, 1.82) is 0 Å². The Bertz CT molecular complexity index is 275. The quantitative estimate of drug-likeness (QED) is 0.638. The van der Waals surface area contributed by atoms with Gasteiger partial charge in [0.05, 0.1) is 0 Å². The molecule has 0 saturated heterocycles. The maximum Gasteiger partial charge on any atom is 0.218 e. The van der Waals surface area contributed by atoms with Crippen LogP contribution in [0.5, 0.6) is 0 Å². The molecule has 0 fully saturated rings. The molecule has 0 heterocycles. The first-order chi connectivity index (χ1) is 5.46. The van der Waals surface area contributed by atoms with Crippen LogP contribution in [0.2, 0.25) is 0 Å². The average Bonchev–Trinajstić information content (AvgIpc) is 2.08. The van der Waals surface area contributed by atoms with Crippen molar-refractivity contribution in [1.82, 2.24) is 0 Å². The topological polar surface area (TPSA) is 17.1 Å². The Morgan fingerprint density at radius 1 is 1.00 bits per heavy atom. The molecule has 0 aromatic heterocycles. The lowest BCUT2D eigenvalue weighted by atomic mass is 10.0. The van der Waals surface area contributed by atoms with Crippen LogP contribution >= 0.6 is 46.4 Å². The molecule has 0 unspecified atom stereocenters. The number of carbonyl (C=O) groups excluding carboxylic acids is 1. The molecule has 5 heteroatoms. The molecule has 0 N–H and O–H groups in total. The third-order valence-corrected chi connectivity index (χ3v) is 3.55. The van der Waals surface area contributed by atoms with E-state index in [4.69, 9.17) is 46.4 Å². The number of rotatable bonds is 0. The SMILES string of the molecule is CC1C(Cl)=C(Cl)C(=O)C(Cl)=C1Cl. The van der Waals surface area contributed by atoms with Crippen molar-refractivity contribution in [2.75, 3.05) is 0 Å². The van der Waals surface area contributed by atoms with Gasteiger partial charge in [0.2, 0.25) is 5.78 Å². The normalized spacial score (nSPS) is 20.9. The summed E-state index contributed by atoms with van der Waals surface area (Å²) in [4.78, 5) is 11.1. The van der Waals surface area contributed by atoms with Crippen molar-refractivity contribution < 1.29 is 4.79 Å². The molecule has 0 aromatic carbocycles. The molecule has 0 spiro atoms. The van der Waals surface area contributed by atoms with Crippen LogP contribution in [0.3, 0.4) is 0 Å². The smallest absolute Gasteiger partial charge is 0.218 e. The van der Waals surface area contributed by atoms with Gasteiger partial charge < -0.3 is 0 Å². The summed E-state index contributed by atoms with van der Waals surface area (Å²) < 4.78 is 0. The van der Waals surface area contributed by atoms with E-state index >= 15 is 0 Å². The Morgan fingerprint density at radius 2 is 1.33 bits per heavy atom. The predicted molar refractivity (Wildman–Crippen MR) is 51.6 cm³/mol. The minimum atomic E-state index is -0.508. The average molecular weight is 246 g/mol. The van der Waals surface area contributed by atoms with Gasteiger partial charge in [-0.15, -0.1) is 0 Å². The van der Waals surface area contributed by atoms with E-state index in [9.17, 15) is 4.79 Å². The molecular weight excluding hydrogens is 242 g/mol. The van der Waals surface area contributed by atoms with E-state index < -0.39 is 5.78 Å². The molecule has 0 amide bonds. The molecule has 0 atom stereocenters. The molecule has 66 valence electrons. The Morgan fingerprint density at radius 3 is 1.67 bits per heavy atom. The van der Waals surface area contributed by atoms with Gasteiger partial charge in [-0.25, -0.2) is 0 Å². The molecule has 1 aliphatic rings. The van der Waals surface area contributed by atoms with Crippen LogP contribution in [-0.4, -0.2) is 5.78 Å². The molecule has 1 rings (SSSR count). The van der Waals surface area contributed by atoms with E-state index in [1.54, 1.807) is 6.92 Å². The van der Waals surface area contributed by atoms with Gasteiger partial charge in [-0.3, -0.25) is 4.79 Å². The highest BCUT2D eigenvalue weighted by atomic mass is 35.5. The van der Waals surface area contributed by atoms with Crippen molar-refractivity contribution >= 4 is 52.2 Å². The lowest BCUT2D eigenvalue weighted by Gasteiger charge is -2.17. The second-order valence-electron chi connectivity index (χ2n) is 2.37. The van der Waals surface area contributed by atoms with Crippen LogP contribution in [0.4, 0.5) is 0 Å². The number of carbonyl (C=O) groups is 1. The Balaban J connectivity index is 3.22. The molecular formula is C7H4Cl4O. The number of halogens is 4. The molecule has 1 nitrogen and oxygen atoms in total. The minimum absolute atomic E-state index is 0.0430. The molecule has 1 aliphatic carbocycles. The molecule has 0 bridgehead atoms. The van der Waals surface area contributed by atoms with E-state index in [0.717, 1.165) is 0 Å². The van der Waals surface area contributed by atoms with Crippen LogP contribution in [0.25, 0.3) is 0 Å². The first-order valence-electron chi connectivity index (χ1n) is 3.11. The largest absolute Gasteiger partial charge is 0.287 e. The zero-order valence-corrected chi connectivity index (χ0v) is 9.02. The van der Waals surface area contributed by atoms with Crippen molar-refractivity contribution in [3.05, 3.63) is 20.1 Å². The highest BCUT2D eigenvalue weighted by Gasteiger charge is 2.29. The zero-order valence-electron chi connectivity index (χ0n) is 6.00. The Labute approximate surface area is 89.9 Å². The molecule has 0 saturated carbocycles. The zero-order chi connectivity index (χ0) is 9.46. The summed E-state index contributed by atoms with van der Waals surface area (Å²) in [6, 6.07) is 0.